The molecule has 2 aromatic rings. The highest BCUT2D eigenvalue weighted by molar-refractivity contribution is 5.65. The lowest BCUT2D eigenvalue weighted by atomic mass is 10.0. The van der Waals surface area contributed by atoms with Crippen LogP contribution < -0.4 is 5.73 Å². The molecular weight excluding hydrogens is 388 g/mol. The van der Waals surface area contributed by atoms with Crippen LogP contribution >= 0.6 is 0 Å². The van der Waals surface area contributed by atoms with Crippen LogP contribution in [-0.2, 0) is 9.47 Å². The van der Waals surface area contributed by atoms with Crippen molar-refractivity contribution in [2.45, 2.75) is 96.7 Å². The van der Waals surface area contributed by atoms with Gasteiger partial charge in [0.05, 0.1) is 17.6 Å². The fraction of sp³-hybridized carbons (Fsp3) is 0.680. The third-order valence-corrected chi connectivity index (χ3v) is 6.44. The Morgan fingerprint density at radius 2 is 1.94 bits per heavy atom. The van der Waals surface area contributed by atoms with Gasteiger partial charge in [0.1, 0.15) is 24.6 Å². The highest BCUT2D eigenvalue weighted by Gasteiger charge is 2.29. The molecule has 1 aliphatic rings. The first-order valence-electron chi connectivity index (χ1n) is 12.1. The van der Waals surface area contributed by atoms with Crippen LogP contribution in [0.2, 0.25) is 0 Å². The Balaban J connectivity index is 1.33. The van der Waals surface area contributed by atoms with E-state index >= 15 is 0 Å². The zero-order valence-corrected chi connectivity index (χ0v) is 19.4. The quantitative estimate of drug-likeness (QED) is 0.285. The van der Waals surface area contributed by atoms with Gasteiger partial charge in [0, 0.05) is 5.92 Å². The SMILES string of the molecule is C=C(OCC1CCC(c2ccc3c(N)ncnn23)O1)C(C)CCCCCCCCCC. The van der Waals surface area contributed by atoms with E-state index in [1.807, 2.05) is 16.6 Å². The fourth-order valence-electron chi connectivity index (χ4n) is 4.35. The number of nitrogens with zero attached hydrogens (tertiary/aromatic N) is 3. The molecule has 1 saturated heterocycles. The summed E-state index contributed by atoms with van der Waals surface area (Å²) in [7, 11) is 0. The summed E-state index contributed by atoms with van der Waals surface area (Å²) in [5.41, 5.74) is 7.78. The van der Waals surface area contributed by atoms with Crippen LogP contribution in [0.3, 0.4) is 0 Å². The van der Waals surface area contributed by atoms with E-state index in [9.17, 15) is 0 Å². The fourth-order valence-corrected chi connectivity index (χ4v) is 4.35. The predicted molar refractivity (Wildman–Crippen MR) is 126 cm³/mol. The van der Waals surface area contributed by atoms with E-state index in [0.29, 0.717) is 18.3 Å². The molecule has 1 aliphatic heterocycles. The van der Waals surface area contributed by atoms with Crippen molar-refractivity contribution >= 4 is 11.3 Å². The maximum Gasteiger partial charge on any atom is 0.151 e. The topological polar surface area (TPSA) is 74.7 Å². The molecule has 1 fully saturated rings. The van der Waals surface area contributed by atoms with Crippen molar-refractivity contribution in [2.75, 3.05) is 12.3 Å². The van der Waals surface area contributed by atoms with Crippen LogP contribution in [0.1, 0.15) is 96.3 Å². The lowest BCUT2D eigenvalue weighted by Gasteiger charge is -2.19. The molecule has 6 heteroatoms. The average Bonchev–Trinajstić information content (AvgIpc) is 3.41. The van der Waals surface area contributed by atoms with E-state index < -0.39 is 0 Å². The van der Waals surface area contributed by atoms with E-state index in [2.05, 4.69) is 30.5 Å². The molecule has 0 aliphatic carbocycles. The third kappa shape index (κ3) is 6.70. The first-order valence-corrected chi connectivity index (χ1v) is 12.1. The number of rotatable bonds is 14. The van der Waals surface area contributed by atoms with Crippen molar-refractivity contribution in [1.29, 1.82) is 0 Å². The molecular formula is C25H40N4O2. The van der Waals surface area contributed by atoms with Crippen molar-refractivity contribution in [3.8, 4) is 0 Å². The maximum atomic E-state index is 6.25. The van der Waals surface area contributed by atoms with Crippen molar-refractivity contribution in [3.63, 3.8) is 0 Å². The molecule has 0 bridgehead atoms. The molecule has 0 spiro atoms. The molecule has 0 saturated carbocycles. The number of nitrogens with two attached hydrogens (primary N) is 1. The molecule has 0 aromatic carbocycles. The zero-order chi connectivity index (χ0) is 22.1. The summed E-state index contributed by atoms with van der Waals surface area (Å²) in [6.45, 7) is 9.23. The number of ether oxygens (including phenoxy) is 2. The Kier molecular flexibility index (Phi) is 9.19. The smallest absolute Gasteiger partial charge is 0.151 e. The normalized spacial score (nSPS) is 19.7. The van der Waals surface area contributed by atoms with Crippen LogP contribution in [0.4, 0.5) is 5.82 Å². The van der Waals surface area contributed by atoms with E-state index in [1.54, 1.807) is 0 Å². The number of hydrogen-bond acceptors (Lipinski definition) is 5. The van der Waals surface area contributed by atoms with Gasteiger partial charge in [-0.1, -0.05) is 71.8 Å². The van der Waals surface area contributed by atoms with Gasteiger partial charge in [0.25, 0.3) is 0 Å². The van der Waals surface area contributed by atoms with Crippen molar-refractivity contribution < 1.29 is 9.47 Å². The van der Waals surface area contributed by atoms with Gasteiger partial charge in [-0.2, -0.15) is 5.10 Å². The highest BCUT2D eigenvalue weighted by Crippen LogP contribution is 2.34. The summed E-state index contributed by atoms with van der Waals surface area (Å²) in [5.74, 6) is 1.77. The lowest BCUT2D eigenvalue weighted by Crippen LogP contribution is -2.17. The summed E-state index contributed by atoms with van der Waals surface area (Å²) >= 11 is 0. The summed E-state index contributed by atoms with van der Waals surface area (Å²) in [6.07, 6.45) is 15.4. The largest absolute Gasteiger partial charge is 0.496 e. The number of nitrogen functional groups attached to an aromatic ring is 1. The molecule has 3 heterocycles. The minimum absolute atomic E-state index is 0.00779. The van der Waals surface area contributed by atoms with Gasteiger partial charge >= 0.3 is 0 Å². The second-order valence-electron chi connectivity index (χ2n) is 8.97. The number of hydrogen-bond donors (Lipinski definition) is 1. The van der Waals surface area contributed by atoms with E-state index in [1.165, 1.54) is 57.7 Å². The maximum absolute atomic E-state index is 6.25. The van der Waals surface area contributed by atoms with E-state index in [-0.39, 0.29) is 12.2 Å². The molecule has 31 heavy (non-hydrogen) atoms. The zero-order valence-electron chi connectivity index (χ0n) is 19.4. The summed E-state index contributed by atoms with van der Waals surface area (Å²) < 4.78 is 14.1. The van der Waals surface area contributed by atoms with Crippen LogP contribution in [0, 0.1) is 5.92 Å². The Bertz CT molecular complexity index is 819. The predicted octanol–water partition coefficient (Wildman–Crippen LogP) is 6.23. The van der Waals surface area contributed by atoms with Gasteiger partial charge in [0.15, 0.2) is 5.82 Å². The molecule has 172 valence electrons. The van der Waals surface area contributed by atoms with Gasteiger partial charge in [0.2, 0.25) is 0 Å². The van der Waals surface area contributed by atoms with Crippen LogP contribution in [0.15, 0.2) is 30.8 Å². The minimum atomic E-state index is 0.00779. The molecule has 0 radical (unpaired) electrons. The van der Waals surface area contributed by atoms with E-state index in [4.69, 9.17) is 15.2 Å². The number of anilines is 1. The number of unbranched alkanes of at least 4 members (excludes halogenated alkanes) is 7. The molecule has 6 nitrogen and oxygen atoms in total. The van der Waals surface area contributed by atoms with Gasteiger partial charge in [-0.05, 0) is 31.4 Å². The highest BCUT2D eigenvalue weighted by atomic mass is 16.5. The Morgan fingerprint density at radius 3 is 2.71 bits per heavy atom. The second-order valence-corrected chi connectivity index (χ2v) is 8.97. The van der Waals surface area contributed by atoms with Crippen molar-refractivity contribution in [3.05, 3.63) is 36.5 Å². The number of allylic oxidation sites excluding steroid dienone is 1. The van der Waals surface area contributed by atoms with Gasteiger partial charge in [-0.15, -0.1) is 0 Å². The monoisotopic (exact) mass is 428 g/mol. The van der Waals surface area contributed by atoms with Crippen molar-refractivity contribution in [2.24, 2.45) is 5.92 Å². The Morgan fingerprint density at radius 1 is 1.19 bits per heavy atom. The van der Waals surface area contributed by atoms with Gasteiger partial charge < -0.3 is 15.2 Å². The summed E-state index contributed by atoms with van der Waals surface area (Å²) in [5, 5.41) is 4.33. The first-order chi connectivity index (χ1) is 15.1. The molecule has 3 unspecified atom stereocenters. The summed E-state index contributed by atoms with van der Waals surface area (Å²) in [6, 6.07) is 3.98. The van der Waals surface area contributed by atoms with Crippen LogP contribution in [-0.4, -0.2) is 27.3 Å². The van der Waals surface area contributed by atoms with Crippen LogP contribution in [0.5, 0.6) is 0 Å². The Hall–Kier alpha value is -2.08. The third-order valence-electron chi connectivity index (χ3n) is 6.44. The number of aromatic nitrogens is 3. The van der Waals surface area contributed by atoms with Crippen LogP contribution in [0.25, 0.3) is 5.52 Å². The van der Waals surface area contributed by atoms with E-state index in [0.717, 1.165) is 36.2 Å². The van der Waals surface area contributed by atoms with Gasteiger partial charge in [-0.25, -0.2) is 9.50 Å². The minimum Gasteiger partial charge on any atom is -0.496 e. The van der Waals surface area contributed by atoms with Crippen molar-refractivity contribution in [1.82, 2.24) is 14.6 Å². The standard InChI is InChI=1S/C25H40N4O2/c1-4-5-6-7-8-9-10-11-12-19(2)20(3)30-17-21-13-16-24(31-21)22-14-15-23-25(26)27-18-28-29(22)23/h14-15,18-19,21,24H,3-13,16-17H2,1-2H3,(H2,26,27,28). The molecule has 0 amide bonds. The lowest BCUT2D eigenvalue weighted by molar-refractivity contribution is -0.00487. The average molecular weight is 429 g/mol. The van der Waals surface area contributed by atoms with Gasteiger partial charge in [-0.3, -0.25) is 0 Å². The second kappa shape index (κ2) is 12.1. The molecule has 2 aromatic heterocycles. The molecule has 3 atom stereocenters. The molecule has 2 N–H and O–H groups in total. The Labute approximate surface area is 187 Å². The first kappa shape index (κ1) is 23.6. The number of fused-ring (bicyclic) bond motifs is 1. The summed E-state index contributed by atoms with van der Waals surface area (Å²) in [4.78, 5) is 4.05. The molecule has 3 rings (SSSR count).